The molecular formula is C20H23N6O2+. The maximum atomic E-state index is 6.48. The number of hydrogen-bond donors (Lipinski definition) is 2. The minimum atomic E-state index is 0.503. The van der Waals surface area contributed by atoms with Gasteiger partial charge in [-0.05, 0) is 31.5 Å². The van der Waals surface area contributed by atoms with Crippen LogP contribution >= 0.6 is 0 Å². The lowest BCUT2D eigenvalue weighted by Crippen LogP contribution is -2.42. The molecule has 1 saturated heterocycles. The zero-order chi connectivity index (χ0) is 19.7. The maximum absolute atomic E-state index is 6.48. The number of nitrogen functional groups attached to an aromatic ring is 1. The number of benzene rings is 1. The van der Waals surface area contributed by atoms with Crippen LogP contribution in [0.2, 0.25) is 0 Å². The van der Waals surface area contributed by atoms with Crippen LogP contribution in [0.1, 0.15) is 22.7 Å². The van der Waals surface area contributed by atoms with Crippen molar-refractivity contribution in [1.29, 1.82) is 0 Å². The van der Waals surface area contributed by atoms with Crippen LogP contribution in [-0.4, -0.2) is 47.1 Å². The zero-order valence-electron chi connectivity index (χ0n) is 16.0. The predicted molar refractivity (Wildman–Crippen MR) is 106 cm³/mol. The quantitative estimate of drug-likeness (QED) is 0.508. The molecule has 1 aliphatic rings. The average molecular weight is 379 g/mol. The van der Waals surface area contributed by atoms with E-state index in [0.29, 0.717) is 30.3 Å². The number of nitrogens with zero attached hydrogens (tertiary/aromatic N) is 4. The van der Waals surface area contributed by atoms with Gasteiger partial charge in [0.05, 0.1) is 24.5 Å². The molecule has 0 unspecified atom stereocenters. The van der Waals surface area contributed by atoms with Crippen molar-refractivity contribution in [2.24, 2.45) is 0 Å². The third-order valence-electron chi connectivity index (χ3n) is 4.93. The van der Waals surface area contributed by atoms with Gasteiger partial charge in [0.2, 0.25) is 5.71 Å². The molecule has 0 aliphatic carbocycles. The van der Waals surface area contributed by atoms with Gasteiger partial charge in [0.1, 0.15) is 23.6 Å². The highest BCUT2D eigenvalue weighted by Gasteiger charge is 2.21. The van der Waals surface area contributed by atoms with Crippen LogP contribution in [-0.2, 0) is 4.74 Å². The zero-order valence-corrected chi connectivity index (χ0v) is 16.0. The van der Waals surface area contributed by atoms with Crippen LogP contribution in [0.25, 0.3) is 11.1 Å². The van der Waals surface area contributed by atoms with Crippen molar-refractivity contribution in [3.8, 4) is 11.1 Å². The van der Waals surface area contributed by atoms with Crippen LogP contribution in [0.4, 0.5) is 11.5 Å². The summed E-state index contributed by atoms with van der Waals surface area (Å²) in [5.74, 6) is 1.58. The SMILES string of the molecule is Cc1noc(C)c1-c1ccc(N)c(C(=[NH2+])c2cc(N3CCOCC3)ncn2)c1. The molecular weight excluding hydrogens is 356 g/mol. The Kier molecular flexibility index (Phi) is 4.79. The number of anilines is 2. The van der Waals surface area contributed by atoms with Gasteiger partial charge in [-0.15, -0.1) is 0 Å². The monoisotopic (exact) mass is 379 g/mol. The first-order chi connectivity index (χ1) is 13.5. The lowest BCUT2D eigenvalue weighted by molar-refractivity contribution is -0.111. The van der Waals surface area contributed by atoms with Gasteiger partial charge in [0.25, 0.3) is 0 Å². The highest BCUT2D eigenvalue weighted by Crippen LogP contribution is 2.30. The van der Waals surface area contributed by atoms with E-state index in [1.54, 1.807) is 0 Å². The van der Waals surface area contributed by atoms with Gasteiger partial charge in [0.15, 0.2) is 0 Å². The summed E-state index contributed by atoms with van der Waals surface area (Å²) >= 11 is 0. The fourth-order valence-electron chi connectivity index (χ4n) is 3.44. The molecule has 144 valence electrons. The molecule has 0 saturated carbocycles. The van der Waals surface area contributed by atoms with Crippen molar-refractivity contribution < 1.29 is 14.7 Å². The van der Waals surface area contributed by atoms with Crippen LogP contribution in [0.3, 0.4) is 0 Å². The number of aromatic nitrogens is 3. The van der Waals surface area contributed by atoms with Gasteiger partial charge >= 0.3 is 0 Å². The van der Waals surface area contributed by atoms with Gasteiger partial charge in [-0.2, -0.15) is 0 Å². The molecule has 1 aliphatic heterocycles. The van der Waals surface area contributed by atoms with Crippen molar-refractivity contribution in [3.05, 3.63) is 53.3 Å². The summed E-state index contributed by atoms with van der Waals surface area (Å²) in [6.45, 7) is 6.75. The predicted octanol–water partition coefficient (Wildman–Crippen LogP) is 0.764. The van der Waals surface area contributed by atoms with E-state index in [2.05, 4.69) is 20.0 Å². The molecule has 1 fully saturated rings. The second-order valence-corrected chi connectivity index (χ2v) is 6.78. The number of hydrogen-bond acceptors (Lipinski definition) is 7. The van der Waals surface area contributed by atoms with Crippen LogP contribution < -0.4 is 16.0 Å². The summed E-state index contributed by atoms with van der Waals surface area (Å²) < 4.78 is 10.7. The average Bonchev–Trinajstić information content (AvgIpc) is 3.07. The fourth-order valence-corrected chi connectivity index (χ4v) is 3.44. The molecule has 4 N–H and O–H groups in total. The first-order valence-corrected chi connectivity index (χ1v) is 9.15. The molecule has 0 atom stereocenters. The summed E-state index contributed by atoms with van der Waals surface area (Å²) in [5, 5.41) is 10.5. The molecule has 4 rings (SSSR count). The fraction of sp³-hybridized carbons (Fsp3) is 0.300. The normalized spacial score (nSPS) is 14.3. The lowest BCUT2D eigenvalue weighted by Gasteiger charge is -2.27. The minimum absolute atomic E-state index is 0.503. The maximum Gasteiger partial charge on any atom is 0.232 e. The highest BCUT2D eigenvalue weighted by atomic mass is 16.5. The van der Waals surface area contributed by atoms with Crippen molar-refractivity contribution in [2.45, 2.75) is 13.8 Å². The molecule has 0 amide bonds. The van der Waals surface area contributed by atoms with Crippen LogP contribution in [0.5, 0.6) is 0 Å². The summed E-state index contributed by atoms with van der Waals surface area (Å²) in [7, 11) is 0. The molecule has 1 aromatic carbocycles. The Morgan fingerprint density at radius 2 is 1.93 bits per heavy atom. The van der Waals surface area contributed by atoms with E-state index in [-0.39, 0.29) is 0 Å². The summed E-state index contributed by atoms with van der Waals surface area (Å²) in [6, 6.07) is 7.63. The molecule has 2 aromatic heterocycles. The van der Waals surface area contributed by atoms with Crippen molar-refractivity contribution in [2.75, 3.05) is 36.9 Å². The molecule has 0 bridgehead atoms. The highest BCUT2D eigenvalue weighted by molar-refractivity contribution is 6.11. The van der Waals surface area contributed by atoms with E-state index in [9.17, 15) is 0 Å². The van der Waals surface area contributed by atoms with Crippen molar-refractivity contribution >= 4 is 17.2 Å². The number of rotatable bonds is 4. The second-order valence-electron chi connectivity index (χ2n) is 6.78. The van der Waals surface area contributed by atoms with Gasteiger partial charge in [-0.25, -0.2) is 9.97 Å². The standard InChI is InChI=1S/C20H22N6O2/c1-12-19(13(2)28-25-12)14-3-4-16(21)15(9-14)20(22)17-10-18(24-11-23-17)26-5-7-27-8-6-26/h3-4,9-11,22H,5-8,21H2,1-2H3/p+1. The Hall–Kier alpha value is -3.26. The third-order valence-corrected chi connectivity index (χ3v) is 4.93. The molecule has 0 radical (unpaired) electrons. The number of morpholine rings is 1. The molecule has 0 spiro atoms. The topological polar surface area (TPSA) is 116 Å². The minimum Gasteiger partial charge on any atom is -0.398 e. The molecule has 3 heterocycles. The smallest absolute Gasteiger partial charge is 0.232 e. The van der Waals surface area contributed by atoms with E-state index in [4.69, 9.17) is 20.4 Å². The number of nitrogens with two attached hydrogens (primary N) is 2. The Balaban J connectivity index is 1.69. The Morgan fingerprint density at radius 3 is 2.64 bits per heavy atom. The van der Waals surface area contributed by atoms with E-state index in [0.717, 1.165) is 47.1 Å². The first-order valence-electron chi connectivity index (χ1n) is 9.15. The van der Waals surface area contributed by atoms with E-state index in [1.165, 1.54) is 6.33 Å². The Morgan fingerprint density at radius 1 is 1.14 bits per heavy atom. The van der Waals surface area contributed by atoms with E-state index >= 15 is 0 Å². The summed E-state index contributed by atoms with van der Waals surface area (Å²) in [6.07, 6.45) is 1.53. The third kappa shape index (κ3) is 3.34. The molecule has 8 heteroatoms. The van der Waals surface area contributed by atoms with Gasteiger partial charge < -0.3 is 19.9 Å². The Bertz CT molecular complexity index is 1000. The second kappa shape index (κ2) is 7.40. The largest absolute Gasteiger partial charge is 0.398 e. The molecule has 3 aromatic rings. The lowest BCUT2D eigenvalue weighted by atomic mass is 9.97. The van der Waals surface area contributed by atoms with Crippen molar-refractivity contribution in [1.82, 2.24) is 15.1 Å². The van der Waals surface area contributed by atoms with Crippen LogP contribution in [0, 0.1) is 13.8 Å². The molecule has 8 nitrogen and oxygen atoms in total. The van der Waals surface area contributed by atoms with Gasteiger partial charge in [-0.3, -0.25) is 5.41 Å². The van der Waals surface area contributed by atoms with Crippen molar-refractivity contribution in [3.63, 3.8) is 0 Å². The van der Waals surface area contributed by atoms with Crippen LogP contribution in [0.15, 0.2) is 35.1 Å². The van der Waals surface area contributed by atoms with Gasteiger partial charge in [0, 0.05) is 30.4 Å². The number of aryl methyl sites for hydroxylation is 2. The molecule has 28 heavy (non-hydrogen) atoms. The first kappa shape index (κ1) is 18.1. The summed E-state index contributed by atoms with van der Waals surface area (Å²) in [5.41, 5.74) is 11.4. The van der Waals surface area contributed by atoms with E-state index in [1.807, 2.05) is 38.1 Å². The van der Waals surface area contributed by atoms with E-state index < -0.39 is 0 Å². The number of ether oxygens (including phenoxy) is 1. The van der Waals surface area contributed by atoms with Gasteiger partial charge in [-0.1, -0.05) is 11.2 Å². The summed E-state index contributed by atoms with van der Waals surface area (Å²) in [4.78, 5) is 10.9. The Labute approximate surface area is 162 Å².